The molecule has 0 saturated heterocycles. The van der Waals surface area contributed by atoms with Crippen LogP contribution in [0, 0.1) is 0 Å². The molecule has 0 bridgehead atoms. The van der Waals surface area contributed by atoms with Gasteiger partial charge in [-0.25, -0.2) is 0 Å². The first kappa shape index (κ1) is 15.3. The molecule has 0 unspecified atom stereocenters. The van der Waals surface area contributed by atoms with E-state index < -0.39 is 0 Å². The van der Waals surface area contributed by atoms with Crippen molar-refractivity contribution in [3.8, 4) is 0 Å². The minimum atomic E-state index is 1.10. The summed E-state index contributed by atoms with van der Waals surface area (Å²) in [5.41, 5.74) is 0. The van der Waals surface area contributed by atoms with Gasteiger partial charge in [0.1, 0.15) is 0 Å². The van der Waals surface area contributed by atoms with Crippen molar-refractivity contribution < 1.29 is 0 Å². The predicted octanol–water partition coefficient (Wildman–Crippen LogP) is -1.61. The summed E-state index contributed by atoms with van der Waals surface area (Å²) in [7, 11) is 0. The maximum absolute atomic E-state index is 1.72. The van der Waals surface area contributed by atoms with Gasteiger partial charge in [-0.1, -0.05) is 0 Å². The Labute approximate surface area is 131 Å². The fourth-order valence-electron chi connectivity index (χ4n) is 0. The first-order chi connectivity index (χ1) is 3.46. The van der Waals surface area contributed by atoms with Crippen LogP contribution in [0.15, 0.2) is 0 Å². The zero-order valence-corrected chi connectivity index (χ0v) is 21.3. The predicted molar refractivity (Wildman–Crippen MR) is 42.0 cm³/mol. The van der Waals surface area contributed by atoms with Crippen LogP contribution in [0.25, 0.3) is 0 Å². The standard InChI is InChI=1S/2CH.6Sn/h2*1H;;;;;;. The molecule has 0 fully saturated rings. The van der Waals surface area contributed by atoms with Gasteiger partial charge in [0, 0.05) is 0 Å². The van der Waals surface area contributed by atoms with Crippen LogP contribution >= 0.6 is 0 Å². The quantitative estimate of drug-likeness (QED) is 0.263. The Kier molecular flexibility index (Phi) is 22.5. The van der Waals surface area contributed by atoms with Crippen molar-refractivity contribution in [3.63, 3.8) is 0 Å². The molecule has 0 aliphatic rings. The number of hydrogen-bond donors (Lipinski definition) is 0. The van der Waals surface area contributed by atoms with Crippen molar-refractivity contribution in [3.05, 3.63) is 0 Å². The molecular weight excluding hydrogens is 736 g/mol. The van der Waals surface area contributed by atoms with Crippen LogP contribution in [0.3, 0.4) is 0 Å². The molecule has 6 heteroatoms. The van der Waals surface area contributed by atoms with Crippen molar-refractivity contribution in [1.29, 1.82) is 0 Å². The summed E-state index contributed by atoms with van der Waals surface area (Å²) in [5.74, 6) is 0. The third-order valence-electron chi connectivity index (χ3n) is 0. The van der Waals surface area contributed by atoms with E-state index >= 15 is 0 Å². The van der Waals surface area contributed by atoms with Crippen molar-refractivity contribution in [2.45, 2.75) is -0.0687 Å². The molecule has 0 N–H and O–H groups in total. The van der Waals surface area contributed by atoms with Gasteiger partial charge in [-0.05, 0) is 0 Å². The van der Waals surface area contributed by atoms with Crippen molar-refractivity contribution in [1.82, 2.24) is 0 Å². The van der Waals surface area contributed by atoms with Gasteiger partial charge in [-0.3, -0.25) is 0 Å². The zero-order chi connectivity index (χ0) is 7.15. The van der Waals surface area contributed by atoms with Gasteiger partial charge in [-0.15, -0.1) is 0 Å². The Bertz CT molecular complexity index is 22.0. The van der Waals surface area contributed by atoms with Crippen molar-refractivity contribution >= 4 is 135 Å². The van der Waals surface area contributed by atoms with Crippen LogP contribution < -0.4 is 0 Å². The second kappa shape index (κ2) is 11.8. The monoisotopic (exact) mass is 745 g/mol. The molecule has 0 aromatic carbocycles. The first-order valence-electron chi connectivity index (χ1n) is 1.73. The molecule has 18 radical (unpaired) electrons. The van der Waals surface area contributed by atoms with Gasteiger partial charge >= 0.3 is 135 Å². The second-order valence-electron chi connectivity index (χ2n) is 0.866. The molecule has 0 amide bonds. The molecule has 0 aromatic rings. The Balaban J connectivity index is 0. The van der Waals surface area contributed by atoms with Crippen molar-refractivity contribution in [2.24, 2.45) is 0 Å². The van der Waals surface area contributed by atoms with Gasteiger partial charge in [-0.2, -0.15) is 0 Å². The van der Waals surface area contributed by atoms with E-state index in [2.05, 4.69) is 0 Å². The molecule has 0 aliphatic carbocycles. The molecule has 0 heterocycles. The first-order valence-corrected chi connectivity index (χ1v) is 11.6. The molecule has 0 nitrogen and oxygen atoms in total. The molecule has 0 spiro atoms. The van der Waals surface area contributed by atoms with Gasteiger partial charge in [0.2, 0.25) is 0 Å². The summed E-state index contributed by atoms with van der Waals surface area (Å²) < 4.78 is 2.21. The van der Waals surface area contributed by atoms with E-state index in [9.17, 15) is 0 Å². The number of hydrogen-bond acceptors (Lipinski definition) is 0. The minimum absolute atomic E-state index is 1.10. The molecule has 0 aliphatic heterocycles. The zero-order valence-electron chi connectivity index (χ0n) is 4.15. The molecule has 0 rings (SSSR count). The van der Waals surface area contributed by atoms with E-state index in [-0.39, 0.29) is 0 Å². The van der Waals surface area contributed by atoms with Crippen LogP contribution in [0.4, 0.5) is 0 Å². The molecular formula is C2H2Sn6. The van der Waals surface area contributed by atoms with Gasteiger partial charge in [0.15, 0.2) is 0 Å². The van der Waals surface area contributed by atoms with E-state index in [0.717, 1.165) is -0.0687 Å². The molecule has 0 atom stereocenters. The van der Waals surface area contributed by atoms with Crippen LogP contribution in [0.2, 0.25) is -0.0687 Å². The summed E-state index contributed by atoms with van der Waals surface area (Å²) in [4.78, 5) is 0. The third kappa shape index (κ3) is 45.1. The van der Waals surface area contributed by atoms with E-state index in [0.29, 0.717) is 0 Å². The molecule has 0 aromatic heterocycles. The summed E-state index contributed by atoms with van der Waals surface area (Å²) in [6, 6.07) is 0. The van der Waals surface area contributed by atoms with E-state index in [1.54, 1.807) is 135 Å². The Hall–Kier alpha value is 4.79. The molecule has 0 saturated carbocycles. The summed E-state index contributed by atoms with van der Waals surface area (Å²) in [5, 5.41) is 0. The fourth-order valence-corrected chi connectivity index (χ4v) is 0. The van der Waals surface area contributed by atoms with E-state index in [1.807, 2.05) is 0 Å². The van der Waals surface area contributed by atoms with Crippen LogP contribution in [-0.4, -0.2) is 135 Å². The second-order valence-corrected chi connectivity index (χ2v) is 39.0. The Morgan fingerprint density at radius 1 is 0.500 bits per heavy atom. The average Bonchev–Trinajstić information content (AvgIpc) is 1.25. The summed E-state index contributed by atoms with van der Waals surface area (Å²) in [6.45, 7) is 0. The van der Waals surface area contributed by atoms with Gasteiger partial charge < -0.3 is 0 Å². The number of rotatable bonds is 0. The van der Waals surface area contributed by atoms with Crippen LogP contribution in [0.1, 0.15) is 0 Å². The summed E-state index contributed by atoms with van der Waals surface area (Å²) in [6.07, 6.45) is 0. The van der Waals surface area contributed by atoms with Crippen LogP contribution in [0.5, 0.6) is 0 Å². The topological polar surface area (TPSA) is 0 Å². The normalized spacial score (nSPS) is 9.00. The van der Waals surface area contributed by atoms with Gasteiger partial charge in [0.05, 0.1) is 0 Å². The van der Waals surface area contributed by atoms with Crippen molar-refractivity contribution in [2.75, 3.05) is 0 Å². The Morgan fingerprint density at radius 3 is 0.500 bits per heavy atom. The van der Waals surface area contributed by atoms with E-state index in [4.69, 9.17) is 0 Å². The molecule has 8 heavy (non-hydrogen) atoms. The third-order valence-corrected chi connectivity index (χ3v) is 0. The van der Waals surface area contributed by atoms with Crippen LogP contribution in [-0.2, 0) is 0 Å². The maximum atomic E-state index is 1.72. The Morgan fingerprint density at radius 2 is 0.500 bits per heavy atom. The van der Waals surface area contributed by atoms with E-state index in [1.165, 1.54) is 0 Å². The fraction of sp³-hybridized carbons (Fsp3) is 1.00. The summed E-state index contributed by atoms with van der Waals surface area (Å²) >= 11 is 10.3. The SMILES string of the molecule is [Sn][CH]([Sn])[Sn].[Sn][CH]([Sn])[Sn]. The molecule has 34 valence electrons. The van der Waals surface area contributed by atoms with Gasteiger partial charge in [0.25, 0.3) is 0 Å². The average molecular weight is 738 g/mol.